The number of unbranched alkanes of at least 4 members (excludes halogenated alkanes) is 1. The molecule has 1 fully saturated rings. The number of nitrogens with zero attached hydrogens (tertiary/aromatic N) is 2. The number of hydrogen-bond acceptors (Lipinski definition) is 4. The summed E-state index contributed by atoms with van der Waals surface area (Å²) in [5, 5.41) is 12.0. The van der Waals surface area contributed by atoms with Crippen LogP contribution >= 0.6 is 0 Å². The third-order valence-electron chi connectivity index (χ3n) is 2.88. The third kappa shape index (κ3) is 3.73. The average Bonchev–Trinajstić information content (AvgIpc) is 2.45. The zero-order chi connectivity index (χ0) is 12.6. The molecule has 0 amide bonds. The van der Waals surface area contributed by atoms with Crippen LogP contribution in [0.1, 0.15) is 18.4 Å². The van der Waals surface area contributed by atoms with Gasteiger partial charge >= 0.3 is 0 Å². The molecule has 0 saturated carbocycles. The third-order valence-corrected chi connectivity index (χ3v) is 2.88. The van der Waals surface area contributed by atoms with Gasteiger partial charge in [-0.1, -0.05) is 11.8 Å². The van der Waals surface area contributed by atoms with Gasteiger partial charge in [0.2, 0.25) is 0 Å². The fraction of sp³-hybridized carbons (Fsp3) is 0.500. The lowest BCUT2D eigenvalue weighted by Gasteiger charge is -2.28. The second-order valence-corrected chi connectivity index (χ2v) is 4.27. The minimum Gasteiger partial charge on any atom is -0.396 e. The lowest BCUT2D eigenvalue weighted by atomic mass is 10.2. The predicted octanol–water partition coefficient (Wildman–Crippen LogP) is 0.615. The number of pyridine rings is 1. The SMILES string of the molecule is OCCCC#Cc1ccc(N2CCNCC2)nc1. The van der Waals surface area contributed by atoms with Gasteiger partial charge in [-0.05, 0) is 18.6 Å². The van der Waals surface area contributed by atoms with Crippen LogP contribution in [0.5, 0.6) is 0 Å². The van der Waals surface area contributed by atoms with E-state index in [1.807, 2.05) is 18.3 Å². The number of aliphatic hydroxyl groups is 1. The van der Waals surface area contributed by atoms with E-state index in [9.17, 15) is 0 Å². The standard InChI is InChI=1S/C14H19N3O/c18-11-3-1-2-4-13-5-6-14(16-12-13)17-9-7-15-8-10-17/h5-6,12,15,18H,1,3,7-11H2. The summed E-state index contributed by atoms with van der Waals surface area (Å²) in [6, 6.07) is 4.04. The number of nitrogens with one attached hydrogen (secondary N) is 1. The van der Waals surface area contributed by atoms with Crippen molar-refractivity contribution in [3.05, 3.63) is 23.9 Å². The molecule has 0 aromatic carbocycles. The lowest BCUT2D eigenvalue weighted by Crippen LogP contribution is -2.43. The predicted molar refractivity (Wildman–Crippen MR) is 72.5 cm³/mol. The van der Waals surface area contributed by atoms with Crippen molar-refractivity contribution in [3.63, 3.8) is 0 Å². The Balaban J connectivity index is 1.93. The fourth-order valence-electron chi connectivity index (χ4n) is 1.87. The van der Waals surface area contributed by atoms with Gasteiger partial charge in [0, 0.05) is 51.0 Å². The summed E-state index contributed by atoms with van der Waals surface area (Å²) in [5.74, 6) is 7.11. The van der Waals surface area contributed by atoms with E-state index in [2.05, 4.69) is 27.0 Å². The first kappa shape index (κ1) is 12.9. The smallest absolute Gasteiger partial charge is 0.128 e. The molecular formula is C14H19N3O. The molecule has 0 atom stereocenters. The van der Waals surface area contributed by atoms with Crippen LogP contribution in [-0.2, 0) is 0 Å². The number of rotatable bonds is 3. The molecule has 4 nitrogen and oxygen atoms in total. The quantitative estimate of drug-likeness (QED) is 0.605. The molecule has 0 bridgehead atoms. The summed E-state index contributed by atoms with van der Waals surface area (Å²) in [4.78, 5) is 6.72. The van der Waals surface area contributed by atoms with E-state index in [4.69, 9.17) is 5.11 Å². The topological polar surface area (TPSA) is 48.4 Å². The van der Waals surface area contributed by atoms with E-state index in [-0.39, 0.29) is 6.61 Å². The maximum absolute atomic E-state index is 8.65. The first-order valence-corrected chi connectivity index (χ1v) is 6.41. The fourth-order valence-corrected chi connectivity index (χ4v) is 1.87. The minimum atomic E-state index is 0.203. The Bertz CT molecular complexity index is 413. The summed E-state index contributed by atoms with van der Waals surface area (Å²) in [7, 11) is 0. The van der Waals surface area contributed by atoms with Crippen LogP contribution < -0.4 is 10.2 Å². The normalized spacial score (nSPS) is 15.1. The zero-order valence-electron chi connectivity index (χ0n) is 10.5. The Hall–Kier alpha value is -1.57. The number of aromatic nitrogens is 1. The number of aliphatic hydroxyl groups excluding tert-OH is 1. The van der Waals surface area contributed by atoms with Gasteiger partial charge in [-0.15, -0.1) is 0 Å². The van der Waals surface area contributed by atoms with Crippen molar-refractivity contribution < 1.29 is 5.11 Å². The van der Waals surface area contributed by atoms with Crippen LogP contribution in [0.25, 0.3) is 0 Å². The van der Waals surface area contributed by atoms with Gasteiger partial charge in [0.05, 0.1) is 0 Å². The van der Waals surface area contributed by atoms with E-state index in [0.717, 1.165) is 50.4 Å². The summed E-state index contributed by atoms with van der Waals surface area (Å²) in [5.41, 5.74) is 0.937. The van der Waals surface area contributed by atoms with Crippen molar-refractivity contribution in [2.45, 2.75) is 12.8 Å². The Morgan fingerprint density at radius 1 is 1.33 bits per heavy atom. The zero-order valence-corrected chi connectivity index (χ0v) is 10.5. The van der Waals surface area contributed by atoms with Crippen molar-refractivity contribution in [3.8, 4) is 11.8 Å². The molecule has 1 saturated heterocycles. The van der Waals surface area contributed by atoms with Crippen LogP contribution in [0.3, 0.4) is 0 Å². The monoisotopic (exact) mass is 245 g/mol. The van der Waals surface area contributed by atoms with Gasteiger partial charge < -0.3 is 15.3 Å². The Morgan fingerprint density at radius 3 is 2.83 bits per heavy atom. The highest BCUT2D eigenvalue weighted by atomic mass is 16.2. The maximum atomic E-state index is 8.65. The highest BCUT2D eigenvalue weighted by molar-refractivity contribution is 5.43. The van der Waals surface area contributed by atoms with Crippen molar-refractivity contribution in [1.29, 1.82) is 0 Å². The molecule has 96 valence electrons. The highest BCUT2D eigenvalue weighted by Crippen LogP contribution is 2.11. The molecule has 2 heterocycles. The van der Waals surface area contributed by atoms with Crippen molar-refractivity contribution in [2.75, 3.05) is 37.7 Å². The molecule has 1 aromatic rings. The summed E-state index contributed by atoms with van der Waals surface area (Å²) in [6.07, 6.45) is 3.29. The average molecular weight is 245 g/mol. The summed E-state index contributed by atoms with van der Waals surface area (Å²) < 4.78 is 0. The number of anilines is 1. The number of piperazine rings is 1. The van der Waals surface area contributed by atoms with E-state index in [1.165, 1.54) is 0 Å². The molecular weight excluding hydrogens is 226 g/mol. The molecule has 2 rings (SSSR count). The lowest BCUT2D eigenvalue weighted by molar-refractivity contribution is 0.290. The van der Waals surface area contributed by atoms with Crippen LogP contribution in [0.2, 0.25) is 0 Å². The minimum absolute atomic E-state index is 0.203. The van der Waals surface area contributed by atoms with Gasteiger partial charge in [-0.25, -0.2) is 4.98 Å². The maximum Gasteiger partial charge on any atom is 0.128 e. The van der Waals surface area contributed by atoms with Gasteiger partial charge in [0.15, 0.2) is 0 Å². The number of hydrogen-bond donors (Lipinski definition) is 2. The molecule has 0 spiro atoms. The van der Waals surface area contributed by atoms with Crippen LogP contribution in [0.15, 0.2) is 18.3 Å². The van der Waals surface area contributed by atoms with Gasteiger partial charge in [0.1, 0.15) is 5.82 Å². The first-order chi connectivity index (χ1) is 8.90. The summed E-state index contributed by atoms with van der Waals surface area (Å²) in [6.45, 7) is 4.26. The second kappa shape index (κ2) is 7.00. The van der Waals surface area contributed by atoms with Crippen LogP contribution in [-0.4, -0.2) is 42.9 Å². The van der Waals surface area contributed by atoms with Gasteiger partial charge in [-0.2, -0.15) is 0 Å². The molecule has 2 N–H and O–H groups in total. The molecule has 1 aliphatic rings. The van der Waals surface area contributed by atoms with E-state index in [1.54, 1.807) is 0 Å². The van der Waals surface area contributed by atoms with Gasteiger partial charge in [-0.3, -0.25) is 0 Å². The van der Waals surface area contributed by atoms with E-state index < -0.39 is 0 Å². The Labute approximate surface area is 108 Å². The molecule has 0 unspecified atom stereocenters. The van der Waals surface area contributed by atoms with Crippen LogP contribution in [0, 0.1) is 11.8 Å². The summed E-state index contributed by atoms with van der Waals surface area (Å²) >= 11 is 0. The highest BCUT2D eigenvalue weighted by Gasteiger charge is 2.10. The molecule has 1 aliphatic heterocycles. The molecule has 1 aromatic heterocycles. The molecule has 18 heavy (non-hydrogen) atoms. The Morgan fingerprint density at radius 2 is 2.17 bits per heavy atom. The first-order valence-electron chi connectivity index (χ1n) is 6.41. The molecule has 4 heteroatoms. The van der Waals surface area contributed by atoms with Crippen molar-refractivity contribution in [1.82, 2.24) is 10.3 Å². The molecule has 0 radical (unpaired) electrons. The van der Waals surface area contributed by atoms with E-state index >= 15 is 0 Å². The van der Waals surface area contributed by atoms with E-state index in [0.29, 0.717) is 0 Å². The Kier molecular flexibility index (Phi) is 5.00. The van der Waals surface area contributed by atoms with Crippen molar-refractivity contribution >= 4 is 5.82 Å². The van der Waals surface area contributed by atoms with Crippen molar-refractivity contribution in [2.24, 2.45) is 0 Å². The van der Waals surface area contributed by atoms with Crippen LogP contribution in [0.4, 0.5) is 5.82 Å². The second-order valence-electron chi connectivity index (χ2n) is 4.27. The molecule has 0 aliphatic carbocycles. The largest absolute Gasteiger partial charge is 0.396 e. The van der Waals surface area contributed by atoms with Gasteiger partial charge in [0.25, 0.3) is 0 Å².